The van der Waals surface area contributed by atoms with Crippen LogP contribution < -0.4 is 5.73 Å². The number of nitrogens with two attached hydrogens (primary N) is 1. The summed E-state index contributed by atoms with van der Waals surface area (Å²) in [6.45, 7) is 3.42. The Labute approximate surface area is 141 Å². The van der Waals surface area contributed by atoms with E-state index in [0.29, 0.717) is 25.1 Å². The number of aromatic nitrogens is 2. The van der Waals surface area contributed by atoms with Gasteiger partial charge in [-0.25, -0.2) is 0 Å². The highest BCUT2D eigenvalue weighted by Crippen LogP contribution is 2.35. The van der Waals surface area contributed by atoms with Gasteiger partial charge in [0.05, 0.1) is 23.9 Å². The molecule has 0 aliphatic carbocycles. The Kier molecular flexibility index (Phi) is 4.38. The van der Waals surface area contributed by atoms with Crippen molar-refractivity contribution in [2.24, 2.45) is 5.73 Å². The molecule has 0 atom stereocenters. The van der Waals surface area contributed by atoms with Crippen LogP contribution in [0.2, 0.25) is 0 Å². The van der Waals surface area contributed by atoms with Gasteiger partial charge in [-0.3, -0.25) is 14.7 Å². The number of aromatic amines is 1. The van der Waals surface area contributed by atoms with Crippen molar-refractivity contribution in [3.8, 4) is 0 Å². The lowest BCUT2D eigenvalue weighted by Gasteiger charge is -2.39. The summed E-state index contributed by atoms with van der Waals surface area (Å²) >= 11 is 0. The van der Waals surface area contributed by atoms with E-state index < -0.39 is 5.91 Å². The molecule has 1 fully saturated rings. The van der Waals surface area contributed by atoms with Crippen LogP contribution >= 0.6 is 0 Å². The first-order valence-electron chi connectivity index (χ1n) is 8.15. The summed E-state index contributed by atoms with van der Waals surface area (Å²) in [6, 6.07) is 9.77. The Morgan fingerprint density at radius 3 is 2.54 bits per heavy atom. The minimum atomic E-state index is -0.470. The van der Waals surface area contributed by atoms with Crippen LogP contribution in [0.25, 0.3) is 0 Å². The fourth-order valence-electron chi connectivity index (χ4n) is 3.31. The normalized spacial score (nSPS) is 16.8. The third kappa shape index (κ3) is 3.18. The van der Waals surface area contributed by atoms with Crippen molar-refractivity contribution in [3.63, 3.8) is 0 Å². The van der Waals surface area contributed by atoms with Crippen molar-refractivity contribution >= 4 is 11.8 Å². The largest absolute Gasteiger partial charge is 0.365 e. The number of nitrogens with one attached hydrogen (secondary N) is 1. The molecule has 6 heteroatoms. The molecule has 1 aliphatic rings. The molecule has 3 rings (SSSR count). The second-order valence-corrected chi connectivity index (χ2v) is 6.63. The number of H-pyrrole nitrogens is 1. The highest BCUT2D eigenvalue weighted by atomic mass is 16.2. The van der Waals surface area contributed by atoms with Gasteiger partial charge in [-0.1, -0.05) is 37.3 Å². The van der Waals surface area contributed by atoms with Crippen molar-refractivity contribution in [1.29, 1.82) is 0 Å². The maximum absolute atomic E-state index is 12.5. The van der Waals surface area contributed by atoms with Crippen molar-refractivity contribution in [3.05, 3.63) is 53.3 Å². The molecule has 1 aromatic carbocycles. The first kappa shape index (κ1) is 16.2. The molecular weight excluding hydrogens is 304 g/mol. The predicted octanol–water partition coefficient (Wildman–Crippen LogP) is 1.63. The van der Waals surface area contributed by atoms with Gasteiger partial charge in [0.25, 0.3) is 5.91 Å². The monoisotopic (exact) mass is 326 g/mol. The van der Waals surface area contributed by atoms with Gasteiger partial charge in [-0.15, -0.1) is 0 Å². The summed E-state index contributed by atoms with van der Waals surface area (Å²) in [5.74, 6) is -0.328. The number of carbonyl (C=O) groups is 2. The fraction of sp³-hybridized carbons (Fsp3) is 0.389. The second kappa shape index (κ2) is 6.47. The number of primary amides is 1. The van der Waals surface area contributed by atoms with Gasteiger partial charge in [-0.05, 0) is 18.4 Å². The molecule has 2 amide bonds. The summed E-state index contributed by atoms with van der Waals surface area (Å²) in [5.41, 5.74) is 7.46. The Bertz CT molecular complexity index is 730. The van der Waals surface area contributed by atoms with E-state index in [4.69, 9.17) is 5.73 Å². The van der Waals surface area contributed by atoms with Gasteiger partial charge in [-0.2, -0.15) is 5.10 Å². The summed E-state index contributed by atoms with van der Waals surface area (Å²) < 4.78 is 0. The van der Waals surface area contributed by atoms with Crippen molar-refractivity contribution < 1.29 is 9.59 Å². The van der Waals surface area contributed by atoms with Crippen LogP contribution in [0.5, 0.6) is 0 Å². The van der Waals surface area contributed by atoms with Crippen LogP contribution in [0.1, 0.15) is 41.4 Å². The van der Waals surface area contributed by atoms with Gasteiger partial charge >= 0.3 is 0 Å². The number of benzene rings is 1. The molecule has 1 saturated heterocycles. The van der Waals surface area contributed by atoms with Crippen LogP contribution in [-0.2, 0) is 16.6 Å². The Hall–Kier alpha value is -2.63. The maximum Gasteiger partial charge on any atom is 0.252 e. The van der Waals surface area contributed by atoms with Gasteiger partial charge in [0.15, 0.2) is 0 Å². The topological polar surface area (TPSA) is 92.1 Å². The lowest BCUT2D eigenvalue weighted by Crippen LogP contribution is -2.45. The zero-order valence-corrected chi connectivity index (χ0v) is 13.8. The van der Waals surface area contributed by atoms with Crippen LogP contribution in [0.3, 0.4) is 0 Å². The number of nitrogens with zero attached hydrogens (tertiary/aromatic N) is 2. The minimum absolute atomic E-state index is 0.142. The number of rotatable bonds is 4. The molecule has 0 radical (unpaired) electrons. The number of carbonyl (C=O) groups excluding carboxylic acids is 2. The molecule has 1 aromatic heterocycles. The van der Waals surface area contributed by atoms with Crippen LogP contribution in [0.4, 0.5) is 0 Å². The zero-order chi connectivity index (χ0) is 17.2. The molecule has 6 nitrogen and oxygen atoms in total. The average molecular weight is 326 g/mol. The number of hydrogen-bond acceptors (Lipinski definition) is 3. The fourth-order valence-corrected chi connectivity index (χ4v) is 3.31. The molecule has 2 heterocycles. The summed E-state index contributed by atoms with van der Waals surface area (Å²) in [7, 11) is 0. The Balaban J connectivity index is 1.65. The van der Waals surface area contributed by atoms with E-state index in [2.05, 4.69) is 17.1 Å². The van der Waals surface area contributed by atoms with Crippen LogP contribution in [-0.4, -0.2) is 40.0 Å². The predicted molar refractivity (Wildman–Crippen MR) is 90.4 cm³/mol. The van der Waals surface area contributed by atoms with Crippen LogP contribution in [0, 0.1) is 0 Å². The minimum Gasteiger partial charge on any atom is -0.365 e. The van der Waals surface area contributed by atoms with Crippen molar-refractivity contribution in [1.82, 2.24) is 15.1 Å². The van der Waals surface area contributed by atoms with Gasteiger partial charge in [0.2, 0.25) is 5.91 Å². The smallest absolute Gasteiger partial charge is 0.252 e. The third-order valence-corrected chi connectivity index (χ3v) is 4.93. The second-order valence-electron chi connectivity index (χ2n) is 6.63. The lowest BCUT2D eigenvalue weighted by atomic mass is 9.76. The Morgan fingerprint density at radius 2 is 1.92 bits per heavy atom. The third-order valence-electron chi connectivity index (χ3n) is 4.93. The van der Waals surface area contributed by atoms with Crippen molar-refractivity contribution in [2.45, 2.75) is 31.6 Å². The molecule has 0 unspecified atom stereocenters. The zero-order valence-electron chi connectivity index (χ0n) is 13.8. The SMILES string of the molecule is CC1(c2[nH]ncc2C(N)=O)CCN(C(=O)Cc2ccccc2)CC1. The Morgan fingerprint density at radius 1 is 1.25 bits per heavy atom. The molecular formula is C18H22N4O2. The van der Waals surface area contributed by atoms with E-state index >= 15 is 0 Å². The molecule has 0 bridgehead atoms. The number of hydrogen-bond donors (Lipinski definition) is 2. The summed E-state index contributed by atoms with van der Waals surface area (Å²) in [6.07, 6.45) is 3.45. The molecule has 0 spiro atoms. The molecule has 3 N–H and O–H groups in total. The highest BCUT2D eigenvalue weighted by Gasteiger charge is 2.37. The van der Waals surface area contributed by atoms with E-state index in [-0.39, 0.29) is 11.3 Å². The van der Waals surface area contributed by atoms with E-state index in [9.17, 15) is 9.59 Å². The van der Waals surface area contributed by atoms with Gasteiger partial charge in [0.1, 0.15) is 0 Å². The van der Waals surface area contributed by atoms with Crippen LogP contribution in [0.15, 0.2) is 36.5 Å². The summed E-state index contributed by atoms with van der Waals surface area (Å²) in [4.78, 5) is 25.9. The first-order chi connectivity index (χ1) is 11.5. The summed E-state index contributed by atoms with van der Waals surface area (Å²) in [5, 5.41) is 6.89. The molecule has 2 aromatic rings. The number of amides is 2. The highest BCUT2D eigenvalue weighted by molar-refractivity contribution is 5.94. The average Bonchev–Trinajstić information content (AvgIpc) is 3.07. The molecule has 0 saturated carbocycles. The van der Waals surface area contributed by atoms with E-state index in [1.165, 1.54) is 6.20 Å². The maximum atomic E-state index is 12.5. The van der Waals surface area contributed by atoms with E-state index in [1.807, 2.05) is 35.2 Å². The van der Waals surface area contributed by atoms with Gasteiger partial charge < -0.3 is 10.6 Å². The quantitative estimate of drug-likeness (QED) is 0.894. The van der Waals surface area contributed by atoms with Gasteiger partial charge in [0, 0.05) is 18.5 Å². The first-order valence-corrected chi connectivity index (χ1v) is 8.15. The lowest BCUT2D eigenvalue weighted by molar-refractivity contribution is -0.132. The van der Waals surface area contributed by atoms with E-state index in [0.717, 1.165) is 24.1 Å². The van der Waals surface area contributed by atoms with Crippen molar-refractivity contribution in [2.75, 3.05) is 13.1 Å². The standard InChI is InChI=1S/C18H22N4O2/c1-18(16-14(17(19)24)12-20-21-16)7-9-22(10-8-18)15(23)11-13-5-3-2-4-6-13/h2-6,12H,7-11H2,1H3,(H2,19,24)(H,20,21). The molecule has 126 valence electrons. The molecule has 1 aliphatic heterocycles. The molecule has 24 heavy (non-hydrogen) atoms. The number of piperidine rings is 1. The number of likely N-dealkylation sites (tertiary alicyclic amines) is 1. The van der Waals surface area contributed by atoms with E-state index in [1.54, 1.807) is 0 Å².